The van der Waals surface area contributed by atoms with Crippen molar-refractivity contribution in [1.82, 2.24) is 9.55 Å². The summed E-state index contributed by atoms with van der Waals surface area (Å²) in [4.78, 5) is 4.38. The van der Waals surface area contributed by atoms with Gasteiger partial charge in [0.15, 0.2) is 0 Å². The number of hydrogen-bond acceptors (Lipinski definition) is 1. The zero-order chi connectivity index (χ0) is 27.6. The Morgan fingerprint density at radius 1 is 0.650 bits per heavy atom. The molecule has 0 bridgehead atoms. The van der Waals surface area contributed by atoms with E-state index in [0.717, 1.165) is 0 Å². The van der Waals surface area contributed by atoms with E-state index in [0.29, 0.717) is 5.82 Å². The van der Waals surface area contributed by atoms with Crippen LogP contribution >= 0.6 is 0 Å². The van der Waals surface area contributed by atoms with Gasteiger partial charge in [-0.1, -0.05) is 156 Å². The number of aryl methyl sites for hydroxylation is 1. The lowest BCUT2D eigenvalue weighted by Gasteiger charge is -2.37. The van der Waals surface area contributed by atoms with Gasteiger partial charge in [0.1, 0.15) is 7.85 Å². The molecule has 40 heavy (non-hydrogen) atoms. The second-order valence-corrected chi connectivity index (χ2v) is 12.5. The zero-order valence-electron chi connectivity index (χ0n) is 23.3. The summed E-state index contributed by atoms with van der Waals surface area (Å²) in [5.41, 5.74) is 6.70. The fourth-order valence-corrected chi connectivity index (χ4v) is 7.98. The summed E-state index contributed by atoms with van der Waals surface area (Å²) in [6.45, 7) is 2.17. The van der Waals surface area contributed by atoms with Crippen molar-refractivity contribution in [2.24, 2.45) is 0 Å². The van der Waals surface area contributed by atoms with Gasteiger partial charge in [0, 0.05) is 12.4 Å². The summed E-state index contributed by atoms with van der Waals surface area (Å²) >= 11 is 0. The average molecular weight is 535 g/mol. The molecule has 0 radical (unpaired) electrons. The lowest BCUT2D eigenvalue weighted by Crippen LogP contribution is -2.46. The first-order valence-electron chi connectivity index (χ1n) is 13.9. The van der Waals surface area contributed by atoms with Crippen molar-refractivity contribution in [3.05, 3.63) is 192 Å². The molecule has 0 unspecified atom stereocenters. The van der Waals surface area contributed by atoms with E-state index in [-0.39, 0.29) is 5.16 Å². The Balaban J connectivity index is 0.000000194. The summed E-state index contributed by atoms with van der Waals surface area (Å²) < 4.78 is 2.30. The maximum atomic E-state index is 4.38. The third-order valence-corrected chi connectivity index (χ3v) is 10.1. The molecule has 6 aromatic rings. The molecule has 4 heteroatoms. The van der Waals surface area contributed by atoms with Crippen molar-refractivity contribution < 1.29 is 0 Å². The first-order chi connectivity index (χ1) is 19.7. The standard InChI is InChI=1S/C23H22N2Si.C13H13B/c1-19-9-8-14-22(17-19)26-23(25-16-15-24-18-25,20-10-4-2-5-11-20)21-12-6-3-7-13-21;14-13(11-7-3-1-4-8-11)12-9-5-2-6-10-12/h2-18H,26H2,1H3;1-10,13H,14H2. The van der Waals surface area contributed by atoms with E-state index in [4.69, 9.17) is 0 Å². The van der Waals surface area contributed by atoms with Crippen LogP contribution in [0.15, 0.2) is 164 Å². The first kappa shape index (κ1) is 27.2. The molecule has 5 aromatic carbocycles. The second kappa shape index (κ2) is 13.1. The van der Waals surface area contributed by atoms with Gasteiger partial charge >= 0.3 is 0 Å². The summed E-state index contributed by atoms with van der Waals surface area (Å²) in [5, 5.41) is 1.25. The van der Waals surface area contributed by atoms with Crippen molar-refractivity contribution in [1.29, 1.82) is 0 Å². The molecule has 0 saturated heterocycles. The largest absolute Gasteiger partial charge is 0.326 e. The monoisotopic (exact) mass is 534 g/mol. The molecule has 1 aromatic heterocycles. The Kier molecular flexibility index (Phi) is 8.90. The maximum Gasteiger partial charge on any atom is 0.116 e. The van der Waals surface area contributed by atoms with Gasteiger partial charge in [0.05, 0.1) is 21.0 Å². The lowest BCUT2D eigenvalue weighted by atomic mass is 9.76. The third-order valence-electron chi connectivity index (χ3n) is 7.59. The van der Waals surface area contributed by atoms with Crippen molar-refractivity contribution >= 4 is 22.6 Å². The smallest absolute Gasteiger partial charge is 0.116 e. The van der Waals surface area contributed by atoms with Gasteiger partial charge in [-0.25, -0.2) is 4.98 Å². The van der Waals surface area contributed by atoms with Crippen LogP contribution in [0, 0.1) is 6.92 Å². The number of benzene rings is 5. The quantitative estimate of drug-likeness (QED) is 0.235. The van der Waals surface area contributed by atoms with Crippen molar-refractivity contribution in [2.45, 2.75) is 17.9 Å². The fraction of sp³-hybridized carbons (Fsp3) is 0.0833. The van der Waals surface area contributed by atoms with Gasteiger partial charge in [0.2, 0.25) is 0 Å². The molecule has 0 saturated carbocycles. The summed E-state index contributed by atoms with van der Waals surface area (Å²) in [6.07, 6.45) is 5.94. The zero-order valence-corrected chi connectivity index (χ0v) is 24.7. The molecular weight excluding hydrogens is 499 g/mol. The predicted octanol–water partition coefficient (Wildman–Crippen LogP) is 5.84. The van der Waals surface area contributed by atoms with Crippen LogP contribution < -0.4 is 5.19 Å². The van der Waals surface area contributed by atoms with Crippen LogP contribution in [-0.2, 0) is 5.16 Å². The summed E-state index contributed by atoms with van der Waals surface area (Å²) in [5.74, 6) is 0.484. The lowest BCUT2D eigenvalue weighted by molar-refractivity contribution is 0.596. The van der Waals surface area contributed by atoms with E-state index in [1.54, 1.807) is 0 Å². The Hall–Kier alpha value is -4.41. The van der Waals surface area contributed by atoms with Gasteiger partial charge in [-0.3, -0.25) is 0 Å². The Bertz CT molecular complexity index is 1490. The molecule has 0 atom stereocenters. The van der Waals surface area contributed by atoms with Crippen LogP contribution in [0.4, 0.5) is 0 Å². The fourth-order valence-electron chi connectivity index (χ4n) is 5.47. The topological polar surface area (TPSA) is 17.8 Å². The van der Waals surface area contributed by atoms with Crippen LogP contribution in [0.2, 0.25) is 0 Å². The van der Waals surface area contributed by atoms with Gasteiger partial charge in [-0.05, 0) is 35.0 Å². The van der Waals surface area contributed by atoms with Crippen molar-refractivity contribution in [3.8, 4) is 0 Å². The molecular formula is C36H35BN2Si. The molecule has 0 amide bonds. The Morgan fingerprint density at radius 3 is 1.60 bits per heavy atom. The highest BCUT2D eigenvalue weighted by atomic mass is 28.2. The van der Waals surface area contributed by atoms with Crippen molar-refractivity contribution in [3.63, 3.8) is 0 Å². The Labute approximate surface area is 241 Å². The first-order valence-corrected chi connectivity index (χ1v) is 15.3. The molecule has 196 valence electrons. The van der Waals surface area contributed by atoms with E-state index in [1.807, 2.05) is 12.5 Å². The molecule has 2 nitrogen and oxygen atoms in total. The number of hydrogen-bond donors (Lipinski definition) is 0. The van der Waals surface area contributed by atoms with Gasteiger partial charge in [-0.2, -0.15) is 0 Å². The van der Waals surface area contributed by atoms with Crippen LogP contribution in [0.1, 0.15) is 33.6 Å². The van der Waals surface area contributed by atoms with E-state index < -0.39 is 9.52 Å². The van der Waals surface area contributed by atoms with Crippen LogP contribution in [0.3, 0.4) is 0 Å². The van der Waals surface area contributed by atoms with E-state index in [9.17, 15) is 0 Å². The summed E-state index contributed by atoms with van der Waals surface area (Å²) in [6, 6.07) is 51.8. The molecule has 0 fully saturated rings. The number of aromatic nitrogens is 2. The average Bonchev–Trinajstić information content (AvgIpc) is 3.57. The molecule has 0 N–H and O–H groups in total. The van der Waals surface area contributed by atoms with Crippen molar-refractivity contribution in [2.75, 3.05) is 0 Å². The molecule has 0 aliphatic rings. The number of nitrogens with zero attached hydrogens (tertiary/aromatic N) is 2. The minimum atomic E-state index is -0.768. The van der Waals surface area contributed by atoms with Gasteiger partial charge < -0.3 is 4.57 Å². The Morgan fingerprint density at radius 2 is 1.15 bits per heavy atom. The minimum Gasteiger partial charge on any atom is -0.326 e. The van der Waals surface area contributed by atoms with Crippen LogP contribution in [-0.4, -0.2) is 26.9 Å². The predicted molar refractivity (Wildman–Crippen MR) is 174 cm³/mol. The second-order valence-electron chi connectivity index (χ2n) is 10.3. The normalized spacial score (nSPS) is 11.3. The van der Waals surface area contributed by atoms with E-state index in [2.05, 4.69) is 176 Å². The highest BCUT2D eigenvalue weighted by Gasteiger charge is 2.36. The number of imidazole rings is 1. The number of rotatable bonds is 7. The highest BCUT2D eigenvalue weighted by molar-refractivity contribution is 6.57. The van der Waals surface area contributed by atoms with Crippen LogP contribution in [0.25, 0.3) is 0 Å². The van der Waals surface area contributed by atoms with Gasteiger partial charge in [0.25, 0.3) is 0 Å². The minimum absolute atomic E-state index is 0.202. The van der Waals surface area contributed by atoms with E-state index >= 15 is 0 Å². The molecule has 0 aliphatic heterocycles. The van der Waals surface area contributed by atoms with E-state index in [1.165, 1.54) is 33.0 Å². The molecule has 1 heterocycles. The van der Waals surface area contributed by atoms with Crippen LogP contribution in [0.5, 0.6) is 0 Å². The summed E-state index contributed by atoms with van der Waals surface area (Å²) in [7, 11) is 1.47. The maximum absolute atomic E-state index is 4.38. The SMILES string of the molecule is BC(c1ccccc1)c1ccccc1.Cc1cccc([SiH2]C(c2ccccc2)(c2ccccc2)n2ccnc2)c1. The highest BCUT2D eigenvalue weighted by Crippen LogP contribution is 2.33. The van der Waals surface area contributed by atoms with Gasteiger partial charge in [-0.15, -0.1) is 0 Å². The third kappa shape index (κ3) is 6.24. The molecule has 0 spiro atoms. The molecule has 6 rings (SSSR count). The molecule has 0 aliphatic carbocycles.